The van der Waals surface area contributed by atoms with Gasteiger partial charge in [-0.05, 0) is 25.0 Å². The van der Waals surface area contributed by atoms with Crippen molar-refractivity contribution in [2.24, 2.45) is 5.92 Å². The molecule has 22 heavy (non-hydrogen) atoms. The van der Waals surface area contributed by atoms with Crippen molar-refractivity contribution in [3.63, 3.8) is 0 Å². The number of amides is 1. The molecule has 0 saturated carbocycles. The topological polar surface area (TPSA) is 53.4 Å². The lowest BCUT2D eigenvalue weighted by Gasteiger charge is -2.18. The first-order valence-corrected chi connectivity index (χ1v) is 7.63. The third kappa shape index (κ3) is 3.02. The van der Waals surface area contributed by atoms with Crippen LogP contribution in [0.15, 0.2) is 48.8 Å². The van der Waals surface area contributed by atoms with Crippen molar-refractivity contribution < 1.29 is 9.90 Å². The number of rotatable bonds is 3. The fourth-order valence-electron chi connectivity index (χ4n) is 2.89. The average molecular weight is 296 g/mol. The van der Waals surface area contributed by atoms with E-state index in [4.69, 9.17) is 0 Å². The second-order valence-electron chi connectivity index (χ2n) is 5.87. The highest BCUT2D eigenvalue weighted by atomic mass is 16.3. The number of carbonyl (C=O) groups excluding carboxylic acids is 1. The second-order valence-corrected chi connectivity index (χ2v) is 5.87. The molecule has 2 atom stereocenters. The predicted octanol–water partition coefficient (Wildman–Crippen LogP) is 2.59. The zero-order chi connectivity index (χ0) is 15.5. The Bertz CT molecular complexity index is 655. The van der Waals surface area contributed by atoms with Crippen LogP contribution in [-0.4, -0.2) is 40.1 Å². The fraction of sp³-hybridized carbons (Fsp3) is 0.333. The first-order valence-electron chi connectivity index (χ1n) is 7.63. The number of aromatic nitrogens is 1. The molecule has 1 N–H and O–H groups in total. The van der Waals surface area contributed by atoms with Crippen LogP contribution in [0.25, 0.3) is 11.1 Å². The van der Waals surface area contributed by atoms with Crippen molar-refractivity contribution in [1.82, 2.24) is 9.88 Å². The molecule has 0 radical (unpaired) electrons. The largest absolute Gasteiger partial charge is 0.393 e. The number of likely N-dealkylation sites (tertiary alicyclic amines) is 1. The quantitative estimate of drug-likeness (QED) is 0.947. The number of nitrogens with zero attached hydrogens (tertiary/aromatic N) is 2. The molecule has 1 amide bonds. The summed E-state index contributed by atoms with van der Waals surface area (Å²) in [6.07, 6.45) is 3.88. The maximum absolute atomic E-state index is 12.6. The van der Waals surface area contributed by atoms with Gasteiger partial charge in [-0.1, -0.05) is 30.3 Å². The Morgan fingerprint density at radius 3 is 2.73 bits per heavy atom. The van der Waals surface area contributed by atoms with Crippen LogP contribution in [0, 0.1) is 5.92 Å². The van der Waals surface area contributed by atoms with Gasteiger partial charge < -0.3 is 10.0 Å². The Kier molecular flexibility index (Phi) is 4.20. The van der Waals surface area contributed by atoms with E-state index in [1.54, 1.807) is 19.3 Å². The van der Waals surface area contributed by atoms with Crippen molar-refractivity contribution in [3.05, 3.63) is 54.4 Å². The van der Waals surface area contributed by atoms with Crippen molar-refractivity contribution in [2.45, 2.75) is 19.4 Å². The zero-order valence-corrected chi connectivity index (χ0v) is 12.6. The summed E-state index contributed by atoms with van der Waals surface area (Å²) in [5.41, 5.74) is 2.60. The van der Waals surface area contributed by atoms with Crippen LogP contribution in [0.2, 0.25) is 0 Å². The number of aliphatic hydroxyl groups is 1. The standard InChI is InChI=1S/C18H20N2O2/c1-13(21)15-7-8-20(12-15)18(22)17-9-16(10-19-11-17)14-5-3-2-4-6-14/h2-6,9-11,13,15,21H,7-8,12H2,1H3. The Morgan fingerprint density at radius 1 is 1.27 bits per heavy atom. The van der Waals surface area contributed by atoms with Gasteiger partial charge in [0, 0.05) is 37.0 Å². The minimum Gasteiger partial charge on any atom is -0.393 e. The van der Waals surface area contributed by atoms with E-state index < -0.39 is 0 Å². The molecular weight excluding hydrogens is 276 g/mol. The van der Waals surface area contributed by atoms with Crippen molar-refractivity contribution in [1.29, 1.82) is 0 Å². The third-order valence-electron chi connectivity index (χ3n) is 4.29. The summed E-state index contributed by atoms with van der Waals surface area (Å²) in [5, 5.41) is 9.66. The Morgan fingerprint density at radius 2 is 2.05 bits per heavy atom. The maximum Gasteiger partial charge on any atom is 0.255 e. The molecule has 114 valence electrons. The lowest BCUT2D eigenvalue weighted by Crippen LogP contribution is -2.30. The summed E-state index contributed by atoms with van der Waals surface area (Å²) in [5.74, 6) is 0.169. The van der Waals surface area contributed by atoms with Crippen molar-refractivity contribution in [2.75, 3.05) is 13.1 Å². The Labute approximate surface area is 130 Å². The van der Waals surface area contributed by atoms with Gasteiger partial charge in [0.1, 0.15) is 0 Å². The van der Waals surface area contributed by atoms with Crippen molar-refractivity contribution in [3.8, 4) is 11.1 Å². The van der Waals surface area contributed by atoms with E-state index in [0.717, 1.165) is 17.5 Å². The maximum atomic E-state index is 12.6. The SMILES string of the molecule is CC(O)C1CCN(C(=O)c2cncc(-c3ccccc3)c2)C1. The molecule has 4 nitrogen and oxygen atoms in total. The highest BCUT2D eigenvalue weighted by Gasteiger charge is 2.29. The predicted molar refractivity (Wildman–Crippen MR) is 85.4 cm³/mol. The van der Waals surface area contributed by atoms with Gasteiger partial charge in [-0.3, -0.25) is 9.78 Å². The van der Waals surface area contributed by atoms with Gasteiger partial charge in [-0.2, -0.15) is 0 Å². The summed E-state index contributed by atoms with van der Waals surface area (Å²) in [4.78, 5) is 18.6. The van der Waals surface area contributed by atoms with Crippen LogP contribution >= 0.6 is 0 Å². The lowest BCUT2D eigenvalue weighted by molar-refractivity contribution is 0.0762. The normalized spacial score (nSPS) is 19.2. The molecule has 2 heterocycles. The smallest absolute Gasteiger partial charge is 0.255 e. The summed E-state index contributed by atoms with van der Waals surface area (Å²) in [7, 11) is 0. The van der Waals surface area contributed by atoms with Gasteiger partial charge in [-0.25, -0.2) is 0 Å². The van der Waals surface area contributed by atoms with Gasteiger partial charge in [0.2, 0.25) is 0 Å². The van der Waals surface area contributed by atoms with E-state index in [0.29, 0.717) is 18.7 Å². The van der Waals surface area contributed by atoms with Gasteiger partial charge in [0.25, 0.3) is 5.91 Å². The van der Waals surface area contributed by atoms with Crippen LogP contribution in [0.5, 0.6) is 0 Å². The third-order valence-corrected chi connectivity index (χ3v) is 4.29. The molecule has 0 spiro atoms. The Balaban J connectivity index is 1.79. The number of hydrogen-bond donors (Lipinski definition) is 1. The Hall–Kier alpha value is -2.20. The molecule has 1 aliphatic heterocycles. The van der Waals surface area contributed by atoms with E-state index in [1.165, 1.54) is 0 Å². The lowest BCUT2D eigenvalue weighted by atomic mass is 10.0. The molecule has 3 rings (SSSR count). The number of pyridine rings is 1. The number of hydrogen-bond acceptors (Lipinski definition) is 3. The number of benzene rings is 1. The van der Waals surface area contributed by atoms with Crippen LogP contribution in [0.4, 0.5) is 0 Å². The molecule has 1 fully saturated rings. The molecular formula is C18H20N2O2. The summed E-state index contributed by atoms with van der Waals surface area (Å²) in [6.45, 7) is 3.10. The van der Waals surface area contributed by atoms with Crippen LogP contribution in [-0.2, 0) is 0 Å². The monoisotopic (exact) mass is 296 g/mol. The van der Waals surface area contributed by atoms with E-state index in [-0.39, 0.29) is 17.9 Å². The minimum atomic E-state index is -0.369. The highest BCUT2D eigenvalue weighted by molar-refractivity contribution is 5.95. The van der Waals surface area contributed by atoms with E-state index in [1.807, 2.05) is 41.3 Å². The van der Waals surface area contributed by atoms with E-state index >= 15 is 0 Å². The molecule has 1 saturated heterocycles. The molecule has 0 bridgehead atoms. The molecule has 0 aliphatic carbocycles. The van der Waals surface area contributed by atoms with Gasteiger partial charge in [-0.15, -0.1) is 0 Å². The molecule has 1 aliphatic rings. The van der Waals surface area contributed by atoms with Gasteiger partial charge in [0.15, 0.2) is 0 Å². The van der Waals surface area contributed by atoms with Gasteiger partial charge in [0.05, 0.1) is 11.7 Å². The molecule has 1 aromatic carbocycles. The molecule has 4 heteroatoms. The fourth-order valence-corrected chi connectivity index (χ4v) is 2.89. The zero-order valence-electron chi connectivity index (χ0n) is 12.6. The van der Waals surface area contributed by atoms with Crippen LogP contribution < -0.4 is 0 Å². The number of aliphatic hydroxyl groups excluding tert-OH is 1. The average Bonchev–Trinajstić information content (AvgIpc) is 3.05. The second kappa shape index (κ2) is 6.28. The first kappa shape index (κ1) is 14.7. The summed E-state index contributed by atoms with van der Waals surface area (Å²) in [6, 6.07) is 11.8. The summed E-state index contributed by atoms with van der Waals surface area (Å²) < 4.78 is 0. The molecule has 1 aromatic heterocycles. The first-order chi connectivity index (χ1) is 10.6. The van der Waals surface area contributed by atoms with E-state index in [2.05, 4.69) is 4.98 Å². The van der Waals surface area contributed by atoms with Crippen LogP contribution in [0.3, 0.4) is 0 Å². The molecule has 2 aromatic rings. The van der Waals surface area contributed by atoms with Gasteiger partial charge >= 0.3 is 0 Å². The summed E-state index contributed by atoms with van der Waals surface area (Å²) >= 11 is 0. The minimum absolute atomic E-state index is 0.00608. The highest BCUT2D eigenvalue weighted by Crippen LogP contribution is 2.23. The van der Waals surface area contributed by atoms with Crippen LogP contribution in [0.1, 0.15) is 23.7 Å². The number of carbonyl (C=O) groups is 1. The van der Waals surface area contributed by atoms with E-state index in [9.17, 15) is 9.90 Å². The molecule has 2 unspecified atom stereocenters. The van der Waals surface area contributed by atoms with Crippen molar-refractivity contribution >= 4 is 5.91 Å².